The van der Waals surface area contributed by atoms with E-state index in [1.165, 1.54) is 0 Å². The minimum atomic E-state index is -3.65. The maximum absolute atomic E-state index is 13.7. The molecule has 0 unspecified atom stereocenters. The molecule has 1 aliphatic heterocycles. The maximum atomic E-state index is 13.7. The minimum absolute atomic E-state index is 0.0542. The van der Waals surface area contributed by atoms with Crippen molar-refractivity contribution in [1.29, 1.82) is 0 Å². The monoisotopic (exact) mass is 590 g/mol. The van der Waals surface area contributed by atoms with E-state index in [0.29, 0.717) is 38.2 Å². The van der Waals surface area contributed by atoms with Gasteiger partial charge in [-0.1, -0.05) is 50.2 Å². The molecule has 2 heterocycles. The van der Waals surface area contributed by atoms with Crippen LogP contribution in [0.2, 0.25) is 0 Å². The van der Waals surface area contributed by atoms with E-state index >= 15 is 0 Å². The molecule has 4 rings (SSSR count). The fourth-order valence-corrected chi connectivity index (χ4v) is 6.91. The number of fused-ring (bicyclic) bond motifs is 1. The molecule has 2 amide bonds. The summed E-state index contributed by atoms with van der Waals surface area (Å²) in [6.45, 7) is 10.1. The Labute approximate surface area is 250 Å². The van der Waals surface area contributed by atoms with Crippen LogP contribution in [0.25, 0.3) is 0 Å². The Bertz CT molecular complexity index is 1490. The molecule has 0 bridgehead atoms. The Balaban J connectivity index is 1.64. The Hall–Kier alpha value is -3.72. The predicted molar refractivity (Wildman–Crippen MR) is 167 cm³/mol. The summed E-state index contributed by atoms with van der Waals surface area (Å²) < 4.78 is 26.5. The lowest BCUT2D eigenvalue weighted by Crippen LogP contribution is -2.39. The number of hydrogen-bond acceptors (Lipinski definition) is 6. The van der Waals surface area contributed by atoms with E-state index in [1.807, 2.05) is 74.2 Å². The second-order valence-electron chi connectivity index (χ2n) is 11.5. The molecule has 0 saturated heterocycles. The van der Waals surface area contributed by atoms with Crippen LogP contribution < -0.4 is 9.80 Å². The minimum Gasteiger partial charge on any atom is -0.355 e. The van der Waals surface area contributed by atoms with Crippen molar-refractivity contribution in [2.75, 3.05) is 41.7 Å². The zero-order valence-electron chi connectivity index (χ0n) is 25.1. The first-order chi connectivity index (χ1) is 20.0. The van der Waals surface area contributed by atoms with Crippen LogP contribution in [0, 0.1) is 19.8 Å². The van der Waals surface area contributed by atoms with Crippen molar-refractivity contribution in [1.82, 2.24) is 9.88 Å². The molecule has 0 spiro atoms. The highest BCUT2D eigenvalue weighted by atomic mass is 32.2. The number of rotatable bonds is 7. The van der Waals surface area contributed by atoms with Gasteiger partial charge in [-0.3, -0.25) is 9.59 Å². The van der Waals surface area contributed by atoms with Crippen molar-refractivity contribution in [2.24, 2.45) is 5.92 Å². The van der Waals surface area contributed by atoms with E-state index in [0.717, 1.165) is 29.1 Å². The summed E-state index contributed by atoms with van der Waals surface area (Å²) in [5, 5.41) is 0. The van der Waals surface area contributed by atoms with Gasteiger partial charge in [0.25, 0.3) is 0 Å². The van der Waals surface area contributed by atoms with E-state index in [1.54, 1.807) is 30.2 Å². The second kappa shape index (κ2) is 14.0. The largest absolute Gasteiger partial charge is 0.355 e. The molecular weight excluding hydrogens is 548 g/mol. The molecule has 0 atom stereocenters. The van der Waals surface area contributed by atoms with Gasteiger partial charge in [0.2, 0.25) is 11.8 Å². The van der Waals surface area contributed by atoms with E-state index < -0.39 is 9.84 Å². The van der Waals surface area contributed by atoms with E-state index in [-0.39, 0.29) is 41.3 Å². The SMILES string of the molecule is Cc1ccc(C)c(S(=O)(=O)CCC(=O)N2CCN(c3ccccn3)CCCN(C(=O)CC(C)C)c3ccccc3C2)c1. The first kappa shape index (κ1) is 31.2. The van der Waals surface area contributed by atoms with Crippen LogP contribution in [0.4, 0.5) is 11.5 Å². The van der Waals surface area contributed by atoms with Crippen LogP contribution in [-0.2, 0) is 26.0 Å². The molecule has 0 N–H and O–H groups in total. The molecule has 1 aliphatic rings. The molecule has 0 aliphatic carbocycles. The Morgan fingerprint density at radius 2 is 1.67 bits per heavy atom. The van der Waals surface area contributed by atoms with Gasteiger partial charge < -0.3 is 14.7 Å². The smallest absolute Gasteiger partial charge is 0.227 e. The zero-order valence-corrected chi connectivity index (χ0v) is 25.9. The number of nitrogens with zero attached hydrogens (tertiary/aromatic N) is 4. The van der Waals surface area contributed by atoms with Crippen LogP contribution in [0.3, 0.4) is 0 Å². The lowest BCUT2D eigenvalue weighted by molar-refractivity contribution is -0.131. The average Bonchev–Trinajstić information content (AvgIpc) is 3.00. The van der Waals surface area contributed by atoms with Crippen LogP contribution in [-0.4, -0.2) is 62.0 Å². The third-order valence-corrected chi connectivity index (χ3v) is 9.42. The standard InChI is InChI=1S/C33H42N4O4S/c1-25(2)22-33(39)37-18-9-17-35(31-12-7-8-16-34-31)19-20-36(24-28-10-5-6-11-29(28)37)32(38)15-21-42(40,41)30-23-26(3)13-14-27(30)4/h5-8,10-14,16,23,25H,9,15,17-22,24H2,1-4H3. The van der Waals surface area contributed by atoms with Gasteiger partial charge in [-0.2, -0.15) is 0 Å². The fourth-order valence-electron chi connectivity index (χ4n) is 5.32. The Kier molecular flexibility index (Phi) is 10.4. The molecular formula is C33H42N4O4S. The number of amides is 2. The summed E-state index contributed by atoms with van der Waals surface area (Å²) in [5.74, 6) is 0.568. The van der Waals surface area contributed by atoms with Gasteiger partial charge in [-0.05, 0) is 67.1 Å². The Morgan fingerprint density at radius 3 is 2.40 bits per heavy atom. The summed E-state index contributed by atoms with van der Waals surface area (Å²) in [4.78, 5) is 37.7. The topological polar surface area (TPSA) is 90.9 Å². The van der Waals surface area contributed by atoms with Crippen LogP contribution in [0.15, 0.2) is 71.8 Å². The zero-order chi connectivity index (χ0) is 30.3. The number of sulfone groups is 1. The number of carbonyl (C=O) groups is 2. The highest BCUT2D eigenvalue weighted by molar-refractivity contribution is 7.91. The molecule has 2 aromatic carbocycles. The summed E-state index contributed by atoms with van der Waals surface area (Å²) in [6, 6.07) is 18.8. The molecule has 1 aromatic heterocycles. The molecule has 0 radical (unpaired) electrons. The van der Waals surface area contributed by atoms with Gasteiger partial charge in [-0.15, -0.1) is 0 Å². The number of hydrogen-bond donors (Lipinski definition) is 0. The normalized spacial score (nSPS) is 14.8. The van der Waals surface area contributed by atoms with Gasteiger partial charge in [0, 0.05) is 57.4 Å². The first-order valence-corrected chi connectivity index (χ1v) is 16.3. The van der Waals surface area contributed by atoms with Crippen molar-refractivity contribution in [3.63, 3.8) is 0 Å². The van der Waals surface area contributed by atoms with Crippen molar-refractivity contribution < 1.29 is 18.0 Å². The van der Waals surface area contributed by atoms with Crippen LogP contribution >= 0.6 is 0 Å². The first-order valence-electron chi connectivity index (χ1n) is 14.7. The van der Waals surface area contributed by atoms with Crippen molar-refractivity contribution in [3.05, 3.63) is 83.6 Å². The van der Waals surface area contributed by atoms with Crippen molar-refractivity contribution in [3.8, 4) is 0 Å². The summed E-state index contributed by atoms with van der Waals surface area (Å²) in [5.41, 5.74) is 3.21. The number of anilines is 2. The lowest BCUT2D eigenvalue weighted by Gasteiger charge is -2.29. The molecule has 8 nitrogen and oxygen atoms in total. The molecule has 0 fully saturated rings. The summed E-state index contributed by atoms with van der Waals surface area (Å²) in [6.07, 6.45) is 2.78. The van der Waals surface area contributed by atoms with E-state index in [4.69, 9.17) is 0 Å². The molecule has 42 heavy (non-hydrogen) atoms. The molecule has 9 heteroatoms. The highest BCUT2D eigenvalue weighted by Crippen LogP contribution is 2.26. The van der Waals surface area contributed by atoms with E-state index in [9.17, 15) is 18.0 Å². The van der Waals surface area contributed by atoms with Crippen molar-refractivity contribution >= 4 is 33.2 Å². The van der Waals surface area contributed by atoms with Crippen LogP contribution in [0.1, 0.15) is 49.8 Å². The summed E-state index contributed by atoms with van der Waals surface area (Å²) >= 11 is 0. The van der Waals surface area contributed by atoms with E-state index in [2.05, 4.69) is 9.88 Å². The van der Waals surface area contributed by atoms with Gasteiger partial charge in [0.15, 0.2) is 9.84 Å². The van der Waals surface area contributed by atoms with Gasteiger partial charge >= 0.3 is 0 Å². The predicted octanol–water partition coefficient (Wildman–Crippen LogP) is 5.18. The number of para-hydroxylation sites is 1. The third kappa shape index (κ3) is 7.97. The number of carbonyl (C=O) groups excluding carboxylic acids is 2. The number of aromatic nitrogens is 1. The number of benzene rings is 2. The second-order valence-corrected chi connectivity index (χ2v) is 13.5. The number of pyridine rings is 1. The third-order valence-electron chi connectivity index (χ3n) is 7.57. The van der Waals surface area contributed by atoms with Crippen molar-refractivity contribution in [2.45, 2.75) is 58.4 Å². The highest BCUT2D eigenvalue weighted by Gasteiger charge is 2.26. The fraction of sp³-hybridized carbons (Fsp3) is 0.424. The molecule has 224 valence electrons. The van der Waals surface area contributed by atoms with Gasteiger partial charge in [0.05, 0.1) is 10.6 Å². The average molecular weight is 591 g/mol. The maximum Gasteiger partial charge on any atom is 0.227 e. The molecule has 3 aromatic rings. The van der Waals surface area contributed by atoms with Gasteiger partial charge in [-0.25, -0.2) is 13.4 Å². The lowest BCUT2D eigenvalue weighted by atomic mass is 10.1. The quantitative estimate of drug-likeness (QED) is 0.377. The van der Waals surface area contributed by atoms with Crippen LogP contribution in [0.5, 0.6) is 0 Å². The summed E-state index contributed by atoms with van der Waals surface area (Å²) in [7, 11) is -3.65. The number of aryl methyl sites for hydroxylation is 2. The van der Waals surface area contributed by atoms with Gasteiger partial charge in [0.1, 0.15) is 5.82 Å². The molecule has 0 saturated carbocycles. The Morgan fingerprint density at radius 1 is 0.905 bits per heavy atom.